The maximum absolute atomic E-state index is 12.9. The number of aromatic nitrogens is 2. The van der Waals surface area contributed by atoms with E-state index in [2.05, 4.69) is 10.5 Å². The Kier molecular flexibility index (Phi) is 3.76. The minimum absolute atomic E-state index is 0.162. The molecule has 2 aromatic heterocycles. The number of hydrogen-bond acceptors (Lipinski definition) is 5. The SMILES string of the molecule is Cc1cc(-n2c(C)cc(C(=O)CN3C(=O)N[C@](C)(C4CC4)C3=O)c2C)no1. The summed E-state index contributed by atoms with van der Waals surface area (Å²) in [6.45, 7) is 6.95. The molecule has 142 valence electrons. The number of nitrogens with zero attached hydrogens (tertiary/aromatic N) is 3. The van der Waals surface area contributed by atoms with E-state index in [9.17, 15) is 14.4 Å². The molecule has 8 heteroatoms. The quantitative estimate of drug-likeness (QED) is 0.643. The number of Topliss-reactive ketones (excluding diaryl/α,β-unsaturated/α-hetero) is 1. The van der Waals surface area contributed by atoms with Crippen molar-refractivity contribution in [1.29, 1.82) is 0 Å². The Bertz CT molecular complexity index is 969. The van der Waals surface area contributed by atoms with Crippen LogP contribution in [0.15, 0.2) is 16.7 Å². The molecule has 0 unspecified atom stereocenters. The monoisotopic (exact) mass is 370 g/mol. The van der Waals surface area contributed by atoms with Crippen LogP contribution in [0.2, 0.25) is 0 Å². The van der Waals surface area contributed by atoms with Crippen LogP contribution in [0.4, 0.5) is 4.79 Å². The zero-order chi connectivity index (χ0) is 19.5. The summed E-state index contributed by atoms with van der Waals surface area (Å²) in [5.41, 5.74) is 1.10. The molecular formula is C19H22N4O4. The lowest BCUT2D eigenvalue weighted by Crippen LogP contribution is -2.46. The first-order valence-corrected chi connectivity index (χ1v) is 9.02. The van der Waals surface area contributed by atoms with E-state index in [1.165, 1.54) is 0 Å². The fraction of sp³-hybridized carbons (Fsp3) is 0.474. The van der Waals surface area contributed by atoms with Gasteiger partial charge in [0.15, 0.2) is 11.6 Å². The number of carbonyl (C=O) groups excluding carboxylic acids is 3. The molecule has 3 amide bonds. The summed E-state index contributed by atoms with van der Waals surface area (Å²) in [7, 11) is 0. The lowest BCUT2D eigenvalue weighted by molar-refractivity contribution is -0.131. The highest BCUT2D eigenvalue weighted by atomic mass is 16.5. The maximum atomic E-state index is 12.9. The zero-order valence-electron chi connectivity index (χ0n) is 15.8. The molecule has 0 radical (unpaired) electrons. The van der Waals surface area contributed by atoms with Gasteiger partial charge in [-0.1, -0.05) is 5.16 Å². The average molecular weight is 370 g/mol. The number of imide groups is 1. The summed E-state index contributed by atoms with van der Waals surface area (Å²) in [5, 5.41) is 6.77. The van der Waals surface area contributed by atoms with Gasteiger partial charge in [-0.05, 0) is 52.5 Å². The summed E-state index contributed by atoms with van der Waals surface area (Å²) >= 11 is 0. The van der Waals surface area contributed by atoms with Gasteiger partial charge >= 0.3 is 6.03 Å². The fourth-order valence-corrected chi connectivity index (χ4v) is 3.88. The number of aryl methyl sites for hydroxylation is 2. The minimum Gasteiger partial charge on any atom is -0.360 e. The predicted molar refractivity (Wildman–Crippen MR) is 95.7 cm³/mol. The fourth-order valence-electron chi connectivity index (χ4n) is 3.88. The van der Waals surface area contributed by atoms with E-state index < -0.39 is 11.6 Å². The number of urea groups is 1. The highest BCUT2D eigenvalue weighted by molar-refractivity contribution is 6.11. The standard InChI is InChI=1S/C19H22N4O4/c1-10-7-14(12(3)23(10)16-8-11(2)27-21-16)15(24)9-22-17(25)19(4,13-5-6-13)20-18(22)26/h7-8,13H,5-6,9H2,1-4H3,(H,20,26)/t19-/m1/s1. The normalized spacial score (nSPS) is 22.4. The van der Waals surface area contributed by atoms with Crippen molar-refractivity contribution in [3.8, 4) is 5.82 Å². The van der Waals surface area contributed by atoms with E-state index >= 15 is 0 Å². The van der Waals surface area contributed by atoms with Gasteiger partial charge in [-0.25, -0.2) is 4.79 Å². The molecule has 0 spiro atoms. The summed E-state index contributed by atoms with van der Waals surface area (Å²) in [6.07, 6.45) is 1.84. The third-order valence-corrected chi connectivity index (χ3v) is 5.57. The van der Waals surface area contributed by atoms with Crippen LogP contribution in [0.25, 0.3) is 5.82 Å². The molecule has 2 aromatic rings. The van der Waals surface area contributed by atoms with Gasteiger partial charge in [-0.3, -0.25) is 19.1 Å². The largest absolute Gasteiger partial charge is 0.360 e. The molecule has 27 heavy (non-hydrogen) atoms. The van der Waals surface area contributed by atoms with E-state index in [0.717, 1.165) is 23.4 Å². The Labute approximate surface area is 156 Å². The number of hydrogen-bond donors (Lipinski definition) is 1. The Balaban J connectivity index is 1.59. The van der Waals surface area contributed by atoms with Crippen LogP contribution in [-0.4, -0.2) is 44.4 Å². The van der Waals surface area contributed by atoms with Crippen LogP contribution in [-0.2, 0) is 4.79 Å². The number of nitrogens with one attached hydrogen (secondary N) is 1. The van der Waals surface area contributed by atoms with Gasteiger partial charge in [-0.15, -0.1) is 0 Å². The molecule has 2 aliphatic rings. The molecule has 2 fully saturated rings. The Hall–Kier alpha value is -2.90. The average Bonchev–Trinajstić information content (AvgIpc) is 3.27. The second kappa shape index (κ2) is 5.80. The van der Waals surface area contributed by atoms with E-state index in [1.807, 2.05) is 18.4 Å². The third-order valence-electron chi connectivity index (χ3n) is 5.57. The summed E-state index contributed by atoms with van der Waals surface area (Å²) in [6, 6.07) is 3.04. The number of ketones is 1. The predicted octanol–water partition coefficient (Wildman–Crippen LogP) is 2.29. The number of amides is 3. The molecule has 1 N–H and O–H groups in total. The van der Waals surface area contributed by atoms with E-state index in [4.69, 9.17) is 4.52 Å². The lowest BCUT2D eigenvalue weighted by atomic mass is 9.96. The summed E-state index contributed by atoms with van der Waals surface area (Å²) < 4.78 is 6.95. The van der Waals surface area contributed by atoms with Crippen molar-refractivity contribution >= 4 is 17.7 Å². The van der Waals surface area contributed by atoms with Crippen LogP contribution in [0.3, 0.4) is 0 Å². The summed E-state index contributed by atoms with van der Waals surface area (Å²) in [4.78, 5) is 38.9. The molecule has 0 bridgehead atoms. The van der Waals surface area contributed by atoms with Crippen molar-refractivity contribution in [2.75, 3.05) is 6.54 Å². The van der Waals surface area contributed by atoms with Gasteiger partial charge in [0, 0.05) is 23.0 Å². The van der Waals surface area contributed by atoms with Crippen LogP contribution in [0.1, 0.15) is 47.3 Å². The molecule has 4 rings (SSSR count). The molecular weight excluding hydrogens is 348 g/mol. The van der Waals surface area contributed by atoms with Crippen molar-refractivity contribution in [3.05, 3.63) is 34.8 Å². The van der Waals surface area contributed by atoms with Gasteiger partial charge in [0.1, 0.15) is 11.3 Å². The van der Waals surface area contributed by atoms with Crippen molar-refractivity contribution in [2.45, 2.75) is 46.1 Å². The molecule has 1 saturated carbocycles. The van der Waals surface area contributed by atoms with Gasteiger partial charge in [0.2, 0.25) is 0 Å². The van der Waals surface area contributed by atoms with Crippen molar-refractivity contribution in [1.82, 2.24) is 19.9 Å². The number of carbonyl (C=O) groups is 3. The van der Waals surface area contributed by atoms with Gasteiger partial charge in [0.25, 0.3) is 5.91 Å². The molecule has 1 atom stereocenters. The Morgan fingerprint density at radius 3 is 2.59 bits per heavy atom. The van der Waals surface area contributed by atoms with E-state index in [0.29, 0.717) is 22.8 Å². The van der Waals surface area contributed by atoms with E-state index in [-0.39, 0.29) is 24.2 Å². The Morgan fingerprint density at radius 2 is 2.00 bits per heavy atom. The minimum atomic E-state index is -0.882. The highest BCUT2D eigenvalue weighted by Gasteiger charge is 2.56. The van der Waals surface area contributed by atoms with Gasteiger partial charge in [-0.2, -0.15) is 0 Å². The molecule has 8 nitrogen and oxygen atoms in total. The Morgan fingerprint density at radius 1 is 1.30 bits per heavy atom. The highest BCUT2D eigenvalue weighted by Crippen LogP contribution is 2.42. The van der Waals surface area contributed by atoms with Crippen molar-refractivity contribution < 1.29 is 18.9 Å². The smallest absolute Gasteiger partial charge is 0.325 e. The van der Waals surface area contributed by atoms with Crippen molar-refractivity contribution in [3.63, 3.8) is 0 Å². The third kappa shape index (κ3) is 2.67. The number of rotatable bonds is 5. The second-order valence-corrected chi connectivity index (χ2v) is 7.64. The maximum Gasteiger partial charge on any atom is 0.325 e. The zero-order valence-corrected chi connectivity index (χ0v) is 15.8. The van der Waals surface area contributed by atoms with Crippen LogP contribution >= 0.6 is 0 Å². The molecule has 1 aliphatic carbocycles. The van der Waals surface area contributed by atoms with E-state index in [1.54, 1.807) is 26.0 Å². The van der Waals surface area contributed by atoms with Crippen LogP contribution < -0.4 is 5.32 Å². The first-order valence-electron chi connectivity index (χ1n) is 9.02. The molecule has 3 heterocycles. The van der Waals surface area contributed by atoms with Crippen LogP contribution in [0, 0.1) is 26.7 Å². The molecule has 0 aromatic carbocycles. The topological polar surface area (TPSA) is 97.4 Å². The second-order valence-electron chi connectivity index (χ2n) is 7.64. The first kappa shape index (κ1) is 17.5. The van der Waals surface area contributed by atoms with Gasteiger partial charge < -0.3 is 9.84 Å². The van der Waals surface area contributed by atoms with Crippen LogP contribution in [0.5, 0.6) is 0 Å². The first-order chi connectivity index (χ1) is 12.7. The van der Waals surface area contributed by atoms with Crippen molar-refractivity contribution in [2.24, 2.45) is 5.92 Å². The lowest BCUT2D eigenvalue weighted by Gasteiger charge is -2.20. The molecule has 1 aliphatic heterocycles. The van der Waals surface area contributed by atoms with Gasteiger partial charge in [0.05, 0.1) is 6.54 Å². The summed E-state index contributed by atoms with van der Waals surface area (Å²) in [5.74, 6) is 0.832. The molecule has 1 saturated heterocycles.